The van der Waals surface area contributed by atoms with Crippen molar-refractivity contribution < 1.29 is 14.3 Å². The Morgan fingerprint density at radius 3 is 2.54 bits per heavy atom. The number of nitrogens with one attached hydrogen (secondary N) is 1. The monoisotopic (exact) mass is 384 g/mol. The molecule has 1 unspecified atom stereocenters. The number of ether oxygens (including phenoxy) is 1. The highest BCUT2D eigenvalue weighted by molar-refractivity contribution is 5.98. The van der Waals surface area contributed by atoms with E-state index in [4.69, 9.17) is 4.74 Å². The van der Waals surface area contributed by atoms with Crippen molar-refractivity contribution in [2.45, 2.75) is 32.7 Å². The summed E-state index contributed by atoms with van der Waals surface area (Å²) in [7, 11) is 1.68. The molecular weight excluding hydrogens is 356 g/mol. The van der Waals surface area contributed by atoms with E-state index in [1.54, 1.807) is 18.0 Å². The summed E-state index contributed by atoms with van der Waals surface area (Å²) >= 11 is 0. The SMILES string of the molecule is CCCc1ccc(C(C)NC(=O)c2cc(C(=O)N3CCOCC3)nn2C)cc1. The van der Waals surface area contributed by atoms with Crippen molar-refractivity contribution in [1.29, 1.82) is 0 Å². The van der Waals surface area contributed by atoms with Crippen molar-refractivity contribution in [1.82, 2.24) is 20.0 Å². The summed E-state index contributed by atoms with van der Waals surface area (Å²) in [4.78, 5) is 27.0. The molecule has 7 heteroatoms. The fourth-order valence-electron chi connectivity index (χ4n) is 3.33. The first-order valence-corrected chi connectivity index (χ1v) is 9.80. The lowest BCUT2D eigenvalue weighted by Crippen LogP contribution is -2.40. The van der Waals surface area contributed by atoms with Crippen molar-refractivity contribution in [2.24, 2.45) is 7.05 Å². The number of morpholine rings is 1. The molecule has 7 nitrogen and oxygen atoms in total. The van der Waals surface area contributed by atoms with Gasteiger partial charge in [0.1, 0.15) is 5.69 Å². The molecule has 1 saturated heterocycles. The van der Waals surface area contributed by atoms with Crippen LogP contribution < -0.4 is 5.32 Å². The molecule has 0 radical (unpaired) electrons. The smallest absolute Gasteiger partial charge is 0.274 e. The number of rotatable bonds is 6. The van der Waals surface area contributed by atoms with Crippen LogP contribution in [0.3, 0.4) is 0 Å². The molecule has 1 aromatic heterocycles. The third kappa shape index (κ3) is 4.59. The number of aromatic nitrogens is 2. The number of hydrogen-bond acceptors (Lipinski definition) is 4. The number of nitrogens with zero attached hydrogens (tertiary/aromatic N) is 3. The van der Waals surface area contributed by atoms with Crippen LogP contribution in [0.2, 0.25) is 0 Å². The van der Waals surface area contributed by atoms with E-state index in [0.717, 1.165) is 18.4 Å². The van der Waals surface area contributed by atoms with Gasteiger partial charge in [-0.15, -0.1) is 0 Å². The molecule has 150 valence electrons. The zero-order valence-corrected chi connectivity index (χ0v) is 16.8. The minimum atomic E-state index is -0.249. The van der Waals surface area contributed by atoms with E-state index in [2.05, 4.69) is 29.5 Å². The summed E-state index contributed by atoms with van der Waals surface area (Å²) in [6.07, 6.45) is 2.16. The number of hydrogen-bond donors (Lipinski definition) is 1. The quantitative estimate of drug-likeness (QED) is 0.829. The van der Waals surface area contributed by atoms with Crippen LogP contribution in [0, 0.1) is 0 Å². The maximum absolute atomic E-state index is 12.7. The molecule has 1 aliphatic rings. The molecule has 1 N–H and O–H groups in total. The molecule has 3 rings (SSSR count). The zero-order chi connectivity index (χ0) is 20.1. The third-order valence-corrected chi connectivity index (χ3v) is 5.00. The second-order valence-corrected chi connectivity index (χ2v) is 7.13. The first-order chi connectivity index (χ1) is 13.5. The Kier molecular flexibility index (Phi) is 6.46. The van der Waals surface area contributed by atoms with Crippen molar-refractivity contribution >= 4 is 11.8 Å². The topological polar surface area (TPSA) is 76.5 Å². The summed E-state index contributed by atoms with van der Waals surface area (Å²) < 4.78 is 6.73. The Labute approximate surface area is 165 Å². The fourth-order valence-corrected chi connectivity index (χ4v) is 3.33. The van der Waals surface area contributed by atoms with Gasteiger partial charge in [-0.1, -0.05) is 37.6 Å². The van der Waals surface area contributed by atoms with Gasteiger partial charge in [0, 0.05) is 26.2 Å². The number of aryl methyl sites for hydroxylation is 2. The lowest BCUT2D eigenvalue weighted by molar-refractivity contribution is 0.0298. The highest BCUT2D eigenvalue weighted by atomic mass is 16.5. The second-order valence-electron chi connectivity index (χ2n) is 7.13. The van der Waals surface area contributed by atoms with Crippen LogP contribution >= 0.6 is 0 Å². The first-order valence-electron chi connectivity index (χ1n) is 9.80. The Bertz CT molecular complexity index is 823. The molecule has 1 atom stereocenters. The molecule has 2 aromatic rings. The minimum absolute atomic E-state index is 0.142. The van der Waals surface area contributed by atoms with Gasteiger partial charge in [0.25, 0.3) is 11.8 Å². The predicted octanol–water partition coefficient (Wildman–Crippen LogP) is 2.34. The molecule has 1 aromatic carbocycles. The third-order valence-electron chi connectivity index (χ3n) is 5.00. The molecule has 0 bridgehead atoms. The molecule has 0 saturated carbocycles. The van der Waals surface area contributed by atoms with E-state index in [-0.39, 0.29) is 23.6 Å². The Hall–Kier alpha value is -2.67. The van der Waals surface area contributed by atoms with Crippen LogP contribution in [0.25, 0.3) is 0 Å². The molecule has 2 heterocycles. The molecule has 0 spiro atoms. The van der Waals surface area contributed by atoms with E-state index >= 15 is 0 Å². The van der Waals surface area contributed by atoms with Crippen molar-refractivity contribution in [2.75, 3.05) is 26.3 Å². The van der Waals surface area contributed by atoms with Gasteiger partial charge in [-0.3, -0.25) is 14.3 Å². The minimum Gasteiger partial charge on any atom is -0.378 e. The van der Waals surface area contributed by atoms with Crippen LogP contribution in [0.1, 0.15) is 58.4 Å². The number of benzene rings is 1. The average molecular weight is 384 g/mol. The summed E-state index contributed by atoms with van der Waals surface area (Å²) in [6.45, 7) is 6.25. The number of amides is 2. The standard InChI is InChI=1S/C21H28N4O3/c1-4-5-16-6-8-17(9-7-16)15(2)22-20(26)19-14-18(23-24(19)3)21(27)25-10-12-28-13-11-25/h6-9,14-15H,4-5,10-13H2,1-3H3,(H,22,26). The highest BCUT2D eigenvalue weighted by Gasteiger charge is 2.24. The number of carbonyl (C=O) groups excluding carboxylic acids is 2. The Balaban J connectivity index is 1.66. The van der Waals surface area contributed by atoms with E-state index < -0.39 is 0 Å². The lowest BCUT2D eigenvalue weighted by Gasteiger charge is -2.25. The van der Waals surface area contributed by atoms with Gasteiger partial charge < -0.3 is 15.0 Å². The second kappa shape index (κ2) is 9.01. The van der Waals surface area contributed by atoms with E-state index in [1.165, 1.54) is 10.2 Å². The molecule has 28 heavy (non-hydrogen) atoms. The predicted molar refractivity (Wildman–Crippen MR) is 106 cm³/mol. The molecule has 1 aliphatic heterocycles. The van der Waals surface area contributed by atoms with Gasteiger partial charge in [0.2, 0.25) is 0 Å². The van der Waals surface area contributed by atoms with E-state index in [9.17, 15) is 9.59 Å². The normalized spacial score (nSPS) is 15.3. The molecule has 1 fully saturated rings. The van der Waals surface area contributed by atoms with Crippen molar-refractivity contribution in [3.05, 3.63) is 52.8 Å². The average Bonchev–Trinajstić information content (AvgIpc) is 3.10. The highest BCUT2D eigenvalue weighted by Crippen LogP contribution is 2.16. The van der Waals surface area contributed by atoms with Gasteiger partial charge in [-0.2, -0.15) is 5.10 Å². The van der Waals surface area contributed by atoms with E-state index in [0.29, 0.717) is 32.0 Å². The largest absolute Gasteiger partial charge is 0.378 e. The fraction of sp³-hybridized carbons (Fsp3) is 0.476. The Morgan fingerprint density at radius 2 is 1.89 bits per heavy atom. The lowest BCUT2D eigenvalue weighted by atomic mass is 10.0. The van der Waals surface area contributed by atoms with Gasteiger partial charge in [-0.25, -0.2) is 0 Å². The molecule has 0 aliphatic carbocycles. The maximum Gasteiger partial charge on any atom is 0.274 e. The molecule has 2 amide bonds. The van der Waals surface area contributed by atoms with Crippen LogP contribution in [0.15, 0.2) is 30.3 Å². The zero-order valence-electron chi connectivity index (χ0n) is 16.8. The summed E-state index contributed by atoms with van der Waals surface area (Å²) in [5.41, 5.74) is 2.99. The summed E-state index contributed by atoms with van der Waals surface area (Å²) in [5, 5.41) is 7.23. The number of carbonyl (C=O) groups is 2. The van der Waals surface area contributed by atoms with Gasteiger partial charge in [0.15, 0.2) is 5.69 Å². The van der Waals surface area contributed by atoms with Crippen LogP contribution in [-0.4, -0.2) is 52.8 Å². The van der Waals surface area contributed by atoms with Gasteiger partial charge in [0.05, 0.1) is 19.3 Å². The summed E-state index contributed by atoms with van der Waals surface area (Å²) in [6, 6.07) is 9.72. The van der Waals surface area contributed by atoms with Gasteiger partial charge in [-0.05, 0) is 24.5 Å². The van der Waals surface area contributed by atoms with Crippen LogP contribution in [0.5, 0.6) is 0 Å². The maximum atomic E-state index is 12.7. The van der Waals surface area contributed by atoms with Crippen LogP contribution in [-0.2, 0) is 18.2 Å². The molecular formula is C21H28N4O3. The van der Waals surface area contributed by atoms with Crippen molar-refractivity contribution in [3.63, 3.8) is 0 Å². The summed E-state index contributed by atoms with van der Waals surface area (Å²) in [5.74, 6) is -0.418. The Morgan fingerprint density at radius 1 is 1.21 bits per heavy atom. The van der Waals surface area contributed by atoms with Gasteiger partial charge >= 0.3 is 0 Å². The van der Waals surface area contributed by atoms with Crippen molar-refractivity contribution in [3.8, 4) is 0 Å². The van der Waals surface area contributed by atoms with Crippen LogP contribution in [0.4, 0.5) is 0 Å². The first kappa shape index (κ1) is 20.1. The van der Waals surface area contributed by atoms with E-state index in [1.807, 2.05) is 19.1 Å².